The molecule has 1 heterocycles. The van der Waals surface area contributed by atoms with Crippen LogP contribution in [-0.4, -0.2) is 28.5 Å². The maximum Gasteiger partial charge on any atom is 0.329 e. The molecule has 0 spiro atoms. The molecule has 7 heteroatoms. The normalized spacial score (nSPS) is 23.0. The fourth-order valence-corrected chi connectivity index (χ4v) is 3.91. The van der Waals surface area contributed by atoms with Crippen LogP contribution in [0.2, 0.25) is 0 Å². The molecule has 1 N–H and O–H groups in total. The van der Waals surface area contributed by atoms with Crippen molar-refractivity contribution in [1.82, 2.24) is 0 Å². The van der Waals surface area contributed by atoms with Gasteiger partial charge in [0.2, 0.25) is 0 Å². The number of carboxylic acid groups (broad SMARTS) is 1. The first-order valence-electron chi connectivity index (χ1n) is 6.66. The van der Waals surface area contributed by atoms with Gasteiger partial charge in [-0.05, 0) is 35.4 Å². The third-order valence-corrected chi connectivity index (χ3v) is 4.87. The van der Waals surface area contributed by atoms with Crippen molar-refractivity contribution < 1.29 is 23.4 Å². The van der Waals surface area contributed by atoms with E-state index in [1.54, 1.807) is 12.2 Å². The van der Waals surface area contributed by atoms with Gasteiger partial charge in [-0.25, -0.2) is 13.6 Å². The summed E-state index contributed by atoms with van der Waals surface area (Å²) in [5.74, 6) is -1.85. The number of ether oxygens (including phenoxy) is 1. The zero-order valence-corrected chi connectivity index (χ0v) is 13.3. The number of carbonyl (C=O) groups is 1. The Morgan fingerprint density at radius 1 is 1.43 bits per heavy atom. The minimum absolute atomic E-state index is 0.343. The smallest absolute Gasteiger partial charge is 0.329 e. The maximum absolute atomic E-state index is 14.0. The van der Waals surface area contributed by atoms with Crippen molar-refractivity contribution in [1.29, 1.82) is 0 Å². The zero-order chi connectivity index (χ0) is 16.6. The lowest BCUT2D eigenvalue weighted by Gasteiger charge is -2.23. The molecule has 0 fully saturated rings. The van der Waals surface area contributed by atoms with Crippen LogP contribution in [0.5, 0.6) is 0 Å². The number of rotatable bonds is 4. The van der Waals surface area contributed by atoms with Crippen LogP contribution in [0.15, 0.2) is 46.9 Å². The van der Waals surface area contributed by atoms with Crippen LogP contribution >= 0.6 is 23.4 Å². The summed E-state index contributed by atoms with van der Waals surface area (Å²) in [5, 5.41) is 7.34. The highest BCUT2D eigenvalue weighted by atomic mass is 35.5. The summed E-state index contributed by atoms with van der Waals surface area (Å²) in [6, 6.07) is 3.48. The van der Waals surface area contributed by atoms with Crippen molar-refractivity contribution in [2.75, 3.05) is 12.4 Å². The predicted molar refractivity (Wildman–Crippen MR) is 85.1 cm³/mol. The van der Waals surface area contributed by atoms with E-state index in [2.05, 4.69) is 0 Å². The molecule has 0 aromatic heterocycles. The Morgan fingerprint density at radius 2 is 2.22 bits per heavy atom. The SMILES string of the molecule is O=C(O)COC1(Cl)C=CC2=C(c3ccc(F)cc3F)CSC2=C1. The first-order chi connectivity index (χ1) is 10.9. The fourth-order valence-electron chi connectivity index (χ4n) is 2.40. The van der Waals surface area contributed by atoms with E-state index >= 15 is 0 Å². The van der Waals surface area contributed by atoms with Crippen molar-refractivity contribution in [3.05, 3.63) is 64.1 Å². The number of aliphatic carboxylic acids is 1. The highest BCUT2D eigenvalue weighted by Crippen LogP contribution is 2.46. The highest BCUT2D eigenvalue weighted by molar-refractivity contribution is 8.04. The van der Waals surface area contributed by atoms with Gasteiger partial charge in [0, 0.05) is 22.3 Å². The second-order valence-electron chi connectivity index (χ2n) is 5.03. The van der Waals surface area contributed by atoms with Gasteiger partial charge in [-0.1, -0.05) is 17.7 Å². The van der Waals surface area contributed by atoms with Gasteiger partial charge in [0.05, 0.1) is 0 Å². The molecule has 1 aromatic rings. The maximum atomic E-state index is 14.0. The Labute approximate surface area is 140 Å². The highest BCUT2D eigenvalue weighted by Gasteiger charge is 2.32. The Kier molecular flexibility index (Phi) is 4.31. The first kappa shape index (κ1) is 16.2. The Hall–Kier alpha value is -1.63. The van der Waals surface area contributed by atoms with Gasteiger partial charge in [-0.3, -0.25) is 0 Å². The summed E-state index contributed by atoms with van der Waals surface area (Å²) in [6.45, 7) is -0.527. The van der Waals surface area contributed by atoms with Crippen LogP contribution in [0.3, 0.4) is 0 Å². The van der Waals surface area contributed by atoms with Gasteiger partial charge in [0.15, 0.2) is 5.06 Å². The topological polar surface area (TPSA) is 46.5 Å². The molecule has 120 valence electrons. The Bertz CT molecular complexity index is 773. The number of carboxylic acids is 1. The largest absolute Gasteiger partial charge is 0.480 e. The summed E-state index contributed by atoms with van der Waals surface area (Å²) < 4.78 is 32.2. The van der Waals surface area contributed by atoms with Crippen molar-refractivity contribution in [3.8, 4) is 0 Å². The zero-order valence-electron chi connectivity index (χ0n) is 11.7. The Morgan fingerprint density at radius 3 is 2.91 bits per heavy atom. The average molecular weight is 357 g/mol. The number of hydrogen-bond donors (Lipinski definition) is 1. The molecule has 3 nitrogen and oxygen atoms in total. The number of allylic oxidation sites excluding steroid dienone is 2. The summed E-state index contributed by atoms with van der Waals surface area (Å²) >= 11 is 7.67. The van der Waals surface area contributed by atoms with E-state index in [4.69, 9.17) is 21.4 Å². The molecule has 1 unspecified atom stereocenters. The van der Waals surface area contributed by atoms with Crippen molar-refractivity contribution in [2.24, 2.45) is 0 Å². The molecule has 1 atom stereocenters. The lowest BCUT2D eigenvalue weighted by atomic mass is 9.97. The molecule has 3 rings (SSSR count). The third-order valence-electron chi connectivity index (χ3n) is 3.44. The number of benzene rings is 1. The van der Waals surface area contributed by atoms with E-state index in [1.165, 1.54) is 30.0 Å². The van der Waals surface area contributed by atoms with Crippen LogP contribution in [0.25, 0.3) is 5.57 Å². The van der Waals surface area contributed by atoms with Crippen LogP contribution in [0.4, 0.5) is 8.78 Å². The van der Waals surface area contributed by atoms with Gasteiger partial charge in [-0.15, -0.1) is 11.8 Å². The molecule has 1 aliphatic carbocycles. The first-order valence-corrected chi connectivity index (χ1v) is 8.03. The molecular formula is C16H11ClF2O3S. The number of thioether (sulfide) groups is 1. The second-order valence-corrected chi connectivity index (χ2v) is 6.64. The standard InChI is InChI=1S/C16H11ClF2O3S/c17-16(22-7-15(20)21)4-3-11-12(8-23-14(11)6-16)10-2-1-9(18)5-13(10)19/h1-6H,7-8H2,(H,20,21). The van der Waals surface area contributed by atoms with E-state index in [1.807, 2.05) is 0 Å². The molecule has 0 saturated heterocycles. The monoisotopic (exact) mass is 356 g/mol. The molecule has 0 radical (unpaired) electrons. The lowest BCUT2D eigenvalue weighted by molar-refractivity contribution is -0.143. The van der Waals surface area contributed by atoms with E-state index in [-0.39, 0.29) is 0 Å². The summed E-state index contributed by atoms with van der Waals surface area (Å²) in [6.07, 6.45) is 4.80. The van der Waals surface area contributed by atoms with E-state index in [9.17, 15) is 13.6 Å². The summed E-state index contributed by atoms with van der Waals surface area (Å²) in [5.41, 5.74) is 1.87. The summed E-state index contributed by atoms with van der Waals surface area (Å²) in [7, 11) is 0. The fraction of sp³-hybridized carbons (Fsp3) is 0.188. The number of alkyl halides is 1. The van der Waals surface area contributed by atoms with E-state index < -0.39 is 29.3 Å². The van der Waals surface area contributed by atoms with Gasteiger partial charge >= 0.3 is 5.97 Å². The molecule has 0 bridgehead atoms. The van der Waals surface area contributed by atoms with Gasteiger partial charge in [0.1, 0.15) is 18.2 Å². The van der Waals surface area contributed by atoms with Gasteiger partial charge in [-0.2, -0.15) is 0 Å². The van der Waals surface area contributed by atoms with Gasteiger partial charge in [0.25, 0.3) is 0 Å². The van der Waals surface area contributed by atoms with Crippen LogP contribution in [-0.2, 0) is 9.53 Å². The minimum Gasteiger partial charge on any atom is -0.480 e. The Balaban J connectivity index is 1.93. The minimum atomic E-state index is -1.33. The van der Waals surface area contributed by atoms with E-state index in [0.717, 1.165) is 22.1 Å². The quantitative estimate of drug-likeness (QED) is 0.830. The number of halogens is 3. The molecule has 23 heavy (non-hydrogen) atoms. The number of fused-ring (bicyclic) bond motifs is 1. The number of hydrogen-bond acceptors (Lipinski definition) is 3. The van der Waals surface area contributed by atoms with E-state index in [0.29, 0.717) is 11.3 Å². The molecule has 0 saturated carbocycles. The molecule has 1 aliphatic heterocycles. The van der Waals surface area contributed by atoms with Crippen LogP contribution < -0.4 is 0 Å². The van der Waals surface area contributed by atoms with Gasteiger partial charge < -0.3 is 9.84 Å². The van der Waals surface area contributed by atoms with Crippen LogP contribution in [0.1, 0.15) is 5.56 Å². The van der Waals surface area contributed by atoms with Crippen molar-refractivity contribution >= 4 is 34.9 Å². The van der Waals surface area contributed by atoms with Crippen LogP contribution in [0, 0.1) is 11.6 Å². The predicted octanol–water partition coefficient (Wildman–Crippen LogP) is 3.96. The molecule has 2 aliphatic rings. The summed E-state index contributed by atoms with van der Waals surface area (Å²) in [4.78, 5) is 11.4. The second kappa shape index (κ2) is 6.11. The molecule has 0 amide bonds. The molecule has 1 aromatic carbocycles. The van der Waals surface area contributed by atoms with Crippen molar-refractivity contribution in [2.45, 2.75) is 5.06 Å². The lowest BCUT2D eigenvalue weighted by Crippen LogP contribution is -2.25. The molecular weight excluding hydrogens is 346 g/mol. The average Bonchev–Trinajstić information content (AvgIpc) is 2.88. The van der Waals surface area contributed by atoms with Crippen molar-refractivity contribution in [3.63, 3.8) is 0 Å². The third kappa shape index (κ3) is 3.34.